The van der Waals surface area contributed by atoms with Crippen molar-refractivity contribution in [1.29, 1.82) is 0 Å². The molecule has 0 saturated heterocycles. The van der Waals surface area contributed by atoms with Gasteiger partial charge >= 0.3 is 0 Å². The minimum atomic E-state index is 0.722. The van der Waals surface area contributed by atoms with Gasteiger partial charge < -0.3 is 0 Å². The summed E-state index contributed by atoms with van der Waals surface area (Å²) in [5, 5.41) is 0. The van der Waals surface area contributed by atoms with Gasteiger partial charge in [0.2, 0.25) is 0 Å². The molecule has 62 valence electrons. The topological polar surface area (TPSA) is 0 Å². The summed E-state index contributed by atoms with van der Waals surface area (Å²) in [6, 6.07) is 8.66. The van der Waals surface area contributed by atoms with Crippen LogP contribution in [0.25, 0.3) is 6.08 Å². The van der Waals surface area contributed by atoms with Gasteiger partial charge in [-0.05, 0) is 30.4 Å². The van der Waals surface area contributed by atoms with Crippen molar-refractivity contribution in [2.75, 3.05) is 0 Å². The van der Waals surface area contributed by atoms with Gasteiger partial charge in [0, 0.05) is 0 Å². The van der Waals surface area contributed by atoms with Crippen LogP contribution < -0.4 is 0 Å². The van der Waals surface area contributed by atoms with Gasteiger partial charge in [-0.15, -0.1) is 0 Å². The predicted octanol–water partition coefficient (Wildman–Crippen LogP) is 3.28. The third kappa shape index (κ3) is 1.18. The molecule has 0 amide bonds. The second-order valence-corrected chi connectivity index (χ2v) is 3.69. The van der Waals surface area contributed by atoms with Crippen LogP contribution in [0.2, 0.25) is 0 Å². The molecule has 1 unspecified atom stereocenters. The Morgan fingerprint density at radius 1 is 1.25 bits per heavy atom. The van der Waals surface area contributed by atoms with Gasteiger partial charge in [-0.1, -0.05) is 42.8 Å². The van der Waals surface area contributed by atoms with Crippen molar-refractivity contribution in [2.24, 2.45) is 5.92 Å². The van der Waals surface area contributed by atoms with E-state index in [1.165, 1.54) is 23.1 Å². The SMILES string of the molecule is CC1=Cc2ccccc2CC1C. The molecule has 12 heavy (non-hydrogen) atoms. The lowest BCUT2D eigenvalue weighted by molar-refractivity contribution is 0.672. The molecule has 0 heterocycles. The maximum Gasteiger partial charge on any atom is -0.0190 e. The zero-order chi connectivity index (χ0) is 8.55. The molecule has 0 saturated carbocycles. The lowest BCUT2D eigenvalue weighted by atomic mass is 9.85. The van der Waals surface area contributed by atoms with Crippen molar-refractivity contribution in [3.8, 4) is 0 Å². The van der Waals surface area contributed by atoms with Crippen LogP contribution in [0.15, 0.2) is 29.8 Å². The van der Waals surface area contributed by atoms with Crippen molar-refractivity contribution in [3.63, 3.8) is 0 Å². The van der Waals surface area contributed by atoms with Crippen molar-refractivity contribution in [2.45, 2.75) is 20.3 Å². The van der Waals surface area contributed by atoms with Gasteiger partial charge in [0.1, 0.15) is 0 Å². The largest absolute Gasteiger partial charge is 0.0696 e. The molecule has 0 spiro atoms. The average Bonchev–Trinajstić information content (AvgIpc) is 2.07. The maximum absolute atomic E-state index is 2.31. The van der Waals surface area contributed by atoms with Crippen LogP contribution in [0.3, 0.4) is 0 Å². The first-order valence-electron chi connectivity index (χ1n) is 4.53. The monoisotopic (exact) mass is 158 g/mol. The highest BCUT2D eigenvalue weighted by molar-refractivity contribution is 5.59. The average molecular weight is 158 g/mol. The van der Waals surface area contributed by atoms with Crippen LogP contribution in [-0.4, -0.2) is 0 Å². The Bertz CT molecular complexity index is 321. The summed E-state index contributed by atoms with van der Waals surface area (Å²) in [6.07, 6.45) is 3.52. The van der Waals surface area contributed by atoms with Crippen LogP contribution in [0.5, 0.6) is 0 Å². The summed E-state index contributed by atoms with van der Waals surface area (Å²) in [5.74, 6) is 0.722. The Kier molecular flexibility index (Phi) is 1.76. The molecule has 0 radical (unpaired) electrons. The van der Waals surface area contributed by atoms with Crippen LogP contribution in [-0.2, 0) is 6.42 Å². The Morgan fingerprint density at radius 3 is 2.83 bits per heavy atom. The van der Waals surface area contributed by atoms with E-state index in [4.69, 9.17) is 0 Å². The van der Waals surface area contributed by atoms with Crippen molar-refractivity contribution in [1.82, 2.24) is 0 Å². The van der Waals surface area contributed by atoms with Gasteiger partial charge in [-0.25, -0.2) is 0 Å². The van der Waals surface area contributed by atoms with E-state index >= 15 is 0 Å². The first-order chi connectivity index (χ1) is 5.77. The number of hydrogen-bond donors (Lipinski definition) is 0. The lowest BCUT2D eigenvalue weighted by Crippen LogP contribution is -2.07. The molecule has 1 aromatic carbocycles. The zero-order valence-electron chi connectivity index (χ0n) is 7.67. The van der Waals surface area contributed by atoms with Crippen LogP contribution >= 0.6 is 0 Å². The number of fused-ring (bicyclic) bond motifs is 1. The van der Waals surface area contributed by atoms with Crippen LogP contribution in [0, 0.1) is 5.92 Å². The fraction of sp³-hybridized carbons (Fsp3) is 0.333. The normalized spacial score (nSPS) is 21.5. The Morgan fingerprint density at radius 2 is 2.00 bits per heavy atom. The Labute approximate surface area is 73.9 Å². The maximum atomic E-state index is 2.31. The van der Waals surface area contributed by atoms with E-state index < -0.39 is 0 Å². The number of hydrogen-bond acceptors (Lipinski definition) is 0. The third-order valence-corrected chi connectivity index (χ3v) is 2.74. The van der Waals surface area contributed by atoms with E-state index in [1.54, 1.807) is 0 Å². The quantitative estimate of drug-likeness (QED) is 0.543. The standard InChI is InChI=1S/C12H14/c1-9-7-11-5-3-4-6-12(11)8-10(9)2/h3-7,10H,8H2,1-2H3. The zero-order valence-corrected chi connectivity index (χ0v) is 7.67. The summed E-state index contributed by atoms with van der Waals surface area (Å²) in [4.78, 5) is 0. The van der Waals surface area contributed by atoms with Crippen molar-refractivity contribution in [3.05, 3.63) is 41.0 Å². The summed E-state index contributed by atoms with van der Waals surface area (Å²) in [7, 11) is 0. The van der Waals surface area contributed by atoms with Gasteiger partial charge in [0.05, 0.1) is 0 Å². The highest BCUT2D eigenvalue weighted by Crippen LogP contribution is 2.27. The molecule has 0 aliphatic heterocycles. The highest BCUT2D eigenvalue weighted by Gasteiger charge is 2.13. The fourth-order valence-electron chi connectivity index (χ4n) is 1.74. The van der Waals surface area contributed by atoms with Gasteiger partial charge in [0.15, 0.2) is 0 Å². The summed E-state index contributed by atoms with van der Waals surface area (Å²) >= 11 is 0. The minimum absolute atomic E-state index is 0.722. The summed E-state index contributed by atoms with van der Waals surface area (Å²) in [6.45, 7) is 4.52. The van der Waals surface area contributed by atoms with E-state index in [-0.39, 0.29) is 0 Å². The second-order valence-electron chi connectivity index (χ2n) is 3.69. The molecule has 0 aromatic heterocycles. The van der Waals surface area contributed by atoms with Gasteiger partial charge in [-0.2, -0.15) is 0 Å². The molecule has 0 heteroatoms. The Hall–Kier alpha value is -1.04. The van der Waals surface area contributed by atoms with Crippen LogP contribution in [0.4, 0.5) is 0 Å². The molecule has 0 N–H and O–H groups in total. The molecule has 1 atom stereocenters. The Balaban J connectivity index is 2.49. The molecule has 0 fully saturated rings. The van der Waals surface area contributed by atoms with E-state index in [0.717, 1.165) is 5.92 Å². The second kappa shape index (κ2) is 2.78. The highest BCUT2D eigenvalue weighted by atomic mass is 14.2. The minimum Gasteiger partial charge on any atom is -0.0696 e. The number of rotatable bonds is 0. The van der Waals surface area contributed by atoms with E-state index in [0.29, 0.717) is 0 Å². The summed E-state index contributed by atoms with van der Waals surface area (Å²) < 4.78 is 0. The third-order valence-electron chi connectivity index (χ3n) is 2.74. The van der Waals surface area contributed by atoms with Crippen molar-refractivity contribution < 1.29 is 0 Å². The smallest absolute Gasteiger partial charge is 0.0190 e. The molecule has 0 bridgehead atoms. The number of benzene rings is 1. The molecule has 2 rings (SSSR count). The predicted molar refractivity (Wildman–Crippen MR) is 53.0 cm³/mol. The summed E-state index contributed by atoms with van der Waals surface area (Å²) in [5.41, 5.74) is 4.41. The molecular weight excluding hydrogens is 144 g/mol. The molecule has 1 aliphatic carbocycles. The first-order valence-corrected chi connectivity index (χ1v) is 4.53. The van der Waals surface area contributed by atoms with Gasteiger partial charge in [-0.3, -0.25) is 0 Å². The van der Waals surface area contributed by atoms with Crippen molar-refractivity contribution >= 4 is 6.08 Å². The molecule has 1 aromatic rings. The molecule has 1 aliphatic rings. The van der Waals surface area contributed by atoms with E-state index in [2.05, 4.69) is 44.2 Å². The fourth-order valence-corrected chi connectivity index (χ4v) is 1.74. The van der Waals surface area contributed by atoms with E-state index in [1.807, 2.05) is 0 Å². The first kappa shape index (κ1) is 7.60. The van der Waals surface area contributed by atoms with Gasteiger partial charge in [0.25, 0.3) is 0 Å². The lowest BCUT2D eigenvalue weighted by Gasteiger charge is -2.20. The molecular formula is C12H14. The van der Waals surface area contributed by atoms with E-state index in [9.17, 15) is 0 Å². The van der Waals surface area contributed by atoms with Crippen LogP contribution in [0.1, 0.15) is 25.0 Å². The number of allylic oxidation sites excluding steroid dienone is 1. The molecule has 0 nitrogen and oxygen atoms in total.